The first-order chi connectivity index (χ1) is 10.2. The Morgan fingerprint density at radius 2 is 1.90 bits per heavy atom. The normalized spacial score (nSPS) is 11.8. The molecule has 4 heteroatoms. The molecule has 0 aliphatic rings. The first-order valence-electron chi connectivity index (χ1n) is 7.00. The molecule has 0 atom stereocenters. The lowest BCUT2D eigenvalue weighted by Crippen LogP contribution is -2.03. The average molecular weight is 278 g/mol. The van der Waals surface area contributed by atoms with Crippen molar-refractivity contribution in [3.8, 4) is 0 Å². The summed E-state index contributed by atoms with van der Waals surface area (Å²) in [5.74, 6) is 0.933. The molecule has 4 nitrogen and oxygen atoms in total. The molecule has 1 aromatic heterocycles. The number of hydrogen-bond acceptors (Lipinski definition) is 3. The van der Waals surface area contributed by atoms with Crippen molar-refractivity contribution in [2.75, 3.05) is 5.43 Å². The van der Waals surface area contributed by atoms with E-state index >= 15 is 0 Å². The van der Waals surface area contributed by atoms with Gasteiger partial charge in [-0.15, -0.1) is 0 Å². The summed E-state index contributed by atoms with van der Waals surface area (Å²) < 4.78 is 0. The number of hydrogen-bond donors (Lipinski definition) is 2. The second kappa shape index (κ2) is 5.79. The number of hydrazone groups is 1. The van der Waals surface area contributed by atoms with Crippen LogP contribution in [0.15, 0.2) is 53.6 Å². The first-order valence-corrected chi connectivity index (χ1v) is 7.00. The van der Waals surface area contributed by atoms with Gasteiger partial charge in [-0.05, 0) is 38.1 Å². The zero-order valence-electron chi connectivity index (χ0n) is 12.2. The average Bonchev–Trinajstić information content (AvgIpc) is 2.88. The third-order valence-electron chi connectivity index (χ3n) is 3.29. The summed E-state index contributed by atoms with van der Waals surface area (Å²) in [5.41, 5.74) is 8.34. The molecule has 3 rings (SSSR count). The van der Waals surface area contributed by atoms with Crippen LogP contribution >= 0.6 is 0 Å². The molecule has 21 heavy (non-hydrogen) atoms. The quantitative estimate of drug-likeness (QED) is 0.561. The fourth-order valence-electron chi connectivity index (χ4n) is 2.16. The fourth-order valence-corrected chi connectivity index (χ4v) is 2.16. The molecule has 0 amide bonds. The largest absolute Gasteiger partial charge is 0.342 e. The van der Waals surface area contributed by atoms with Crippen molar-refractivity contribution in [1.82, 2.24) is 9.97 Å². The van der Waals surface area contributed by atoms with E-state index < -0.39 is 0 Å². The number of anilines is 1. The Hall–Kier alpha value is -2.62. The van der Waals surface area contributed by atoms with E-state index in [4.69, 9.17) is 0 Å². The molecular formula is C17H18N4. The molecule has 0 unspecified atom stereocenters. The van der Waals surface area contributed by atoms with Gasteiger partial charge in [-0.3, -0.25) is 5.43 Å². The number of rotatable bonds is 4. The Morgan fingerprint density at radius 1 is 1.14 bits per heavy atom. The Balaban J connectivity index is 1.68. The van der Waals surface area contributed by atoms with E-state index in [1.54, 1.807) is 0 Å². The second-order valence-electron chi connectivity index (χ2n) is 5.20. The third-order valence-corrected chi connectivity index (χ3v) is 3.29. The van der Waals surface area contributed by atoms with Gasteiger partial charge in [-0.2, -0.15) is 5.10 Å². The number of fused-ring (bicyclic) bond motifs is 1. The second-order valence-corrected chi connectivity index (χ2v) is 5.20. The minimum absolute atomic E-state index is 0.702. The third kappa shape index (κ3) is 3.28. The van der Waals surface area contributed by atoms with Crippen molar-refractivity contribution < 1.29 is 0 Å². The molecule has 0 aliphatic heterocycles. The Bertz CT molecular complexity index is 736. The zero-order valence-corrected chi connectivity index (χ0v) is 12.2. The number of aromatic nitrogens is 2. The molecule has 0 bridgehead atoms. The Labute approximate surface area is 123 Å². The molecule has 0 saturated carbocycles. The van der Waals surface area contributed by atoms with Gasteiger partial charge in [0.05, 0.1) is 16.7 Å². The van der Waals surface area contributed by atoms with E-state index in [0.29, 0.717) is 6.42 Å². The highest BCUT2D eigenvalue weighted by Gasteiger charge is 2.03. The van der Waals surface area contributed by atoms with Gasteiger partial charge in [0, 0.05) is 12.1 Å². The number of aryl methyl sites for hydroxylation is 1. The summed E-state index contributed by atoms with van der Waals surface area (Å²) in [6, 6.07) is 16.2. The van der Waals surface area contributed by atoms with Crippen LogP contribution in [0.4, 0.5) is 5.69 Å². The lowest BCUT2D eigenvalue weighted by molar-refractivity contribution is 1.09. The minimum Gasteiger partial charge on any atom is -0.342 e. The van der Waals surface area contributed by atoms with E-state index in [-0.39, 0.29) is 0 Å². The van der Waals surface area contributed by atoms with Gasteiger partial charge in [-0.25, -0.2) is 4.98 Å². The molecule has 2 N–H and O–H groups in total. The SMILES string of the molecule is C/C(Cc1nc2ccccc2[nH]1)=N/Nc1ccc(C)cc1. The van der Waals surface area contributed by atoms with E-state index in [2.05, 4.69) is 39.6 Å². The Morgan fingerprint density at radius 3 is 2.67 bits per heavy atom. The van der Waals surface area contributed by atoms with Crippen molar-refractivity contribution in [1.29, 1.82) is 0 Å². The molecule has 2 aromatic carbocycles. The smallest absolute Gasteiger partial charge is 0.112 e. The highest BCUT2D eigenvalue weighted by atomic mass is 15.3. The number of imidazole rings is 1. The van der Waals surface area contributed by atoms with Crippen LogP contribution in [0.2, 0.25) is 0 Å². The summed E-state index contributed by atoms with van der Waals surface area (Å²) in [5, 5.41) is 4.40. The lowest BCUT2D eigenvalue weighted by Gasteiger charge is -2.02. The van der Waals surface area contributed by atoms with Crippen LogP contribution in [-0.2, 0) is 6.42 Å². The van der Waals surface area contributed by atoms with Crippen LogP contribution < -0.4 is 5.43 Å². The van der Waals surface area contributed by atoms with Crippen molar-refractivity contribution in [3.63, 3.8) is 0 Å². The summed E-state index contributed by atoms with van der Waals surface area (Å²) >= 11 is 0. The molecule has 0 fully saturated rings. The van der Waals surface area contributed by atoms with E-state index in [0.717, 1.165) is 28.3 Å². The number of H-pyrrole nitrogens is 1. The van der Waals surface area contributed by atoms with Crippen LogP contribution in [0.25, 0.3) is 11.0 Å². The topological polar surface area (TPSA) is 53.1 Å². The van der Waals surface area contributed by atoms with Crippen LogP contribution in [0.3, 0.4) is 0 Å². The van der Waals surface area contributed by atoms with Gasteiger partial charge < -0.3 is 4.98 Å². The lowest BCUT2D eigenvalue weighted by atomic mass is 10.2. The van der Waals surface area contributed by atoms with Crippen molar-refractivity contribution in [2.45, 2.75) is 20.3 Å². The van der Waals surface area contributed by atoms with Gasteiger partial charge >= 0.3 is 0 Å². The predicted molar refractivity (Wildman–Crippen MR) is 87.7 cm³/mol. The molecule has 0 spiro atoms. The van der Waals surface area contributed by atoms with Crippen LogP contribution in [0.1, 0.15) is 18.3 Å². The van der Waals surface area contributed by atoms with Crippen LogP contribution in [-0.4, -0.2) is 15.7 Å². The predicted octanol–water partition coefficient (Wildman–Crippen LogP) is 3.90. The number of nitrogens with zero attached hydrogens (tertiary/aromatic N) is 2. The van der Waals surface area contributed by atoms with Crippen molar-refractivity contribution in [2.24, 2.45) is 5.10 Å². The molecule has 0 aliphatic carbocycles. The van der Waals surface area contributed by atoms with Gasteiger partial charge in [-0.1, -0.05) is 29.8 Å². The maximum absolute atomic E-state index is 4.56. The van der Waals surface area contributed by atoms with Gasteiger partial charge in [0.2, 0.25) is 0 Å². The monoisotopic (exact) mass is 278 g/mol. The molecule has 1 heterocycles. The summed E-state index contributed by atoms with van der Waals surface area (Å²) in [6.45, 7) is 4.06. The maximum atomic E-state index is 4.56. The Kier molecular flexibility index (Phi) is 3.69. The summed E-state index contributed by atoms with van der Waals surface area (Å²) in [7, 11) is 0. The van der Waals surface area contributed by atoms with E-state index in [9.17, 15) is 0 Å². The molecule has 0 radical (unpaired) electrons. The first kappa shape index (κ1) is 13.4. The zero-order chi connectivity index (χ0) is 14.7. The number of aromatic amines is 1. The van der Waals surface area contributed by atoms with Crippen molar-refractivity contribution in [3.05, 3.63) is 59.9 Å². The molecule has 3 aromatic rings. The maximum Gasteiger partial charge on any atom is 0.112 e. The number of nitrogens with one attached hydrogen (secondary N) is 2. The van der Waals surface area contributed by atoms with Gasteiger partial charge in [0.25, 0.3) is 0 Å². The van der Waals surface area contributed by atoms with Crippen LogP contribution in [0.5, 0.6) is 0 Å². The molecule has 106 valence electrons. The van der Waals surface area contributed by atoms with E-state index in [1.807, 2.05) is 43.3 Å². The van der Waals surface area contributed by atoms with E-state index in [1.165, 1.54) is 5.56 Å². The summed E-state index contributed by atoms with van der Waals surface area (Å²) in [4.78, 5) is 7.87. The van der Waals surface area contributed by atoms with Crippen LogP contribution in [0, 0.1) is 6.92 Å². The standard InChI is InChI=1S/C17H18N4/c1-12-7-9-14(10-8-12)21-20-13(2)11-17-18-15-5-3-4-6-16(15)19-17/h3-10,21H,11H2,1-2H3,(H,18,19)/b20-13-. The number of benzene rings is 2. The van der Waals surface area contributed by atoms with Crippen molar-refractivity contribution >= 4 is 22.4 Å². The highest BCUT2D eigenvalue weighted by molar-refractivity contribution is 5.85. The van der Waals surface area contributed by atoms with Gasteiger partial charge in [0.1, 0.15) is 5.82 Å². The number of para-hydroxylation sites is 2. The highest BCUT2D eigenvalue weighted by Crippen LogP contribution is 2.11. The van der Waals surface area contributed by atoms with Gasteiger partial charge in [0.15, 0.2) is 0 Å². The minimum atomic E-state index is 0.702. The molecular weight excluding hydrogens is 260 g/mol. The summed E-state index contributed by atoms with van der Waals surface area (Å²) in [6.07, 6.45) is 0.702. The fraction of sp³-hybridized carbons (Fsp3) is 0.176. The molecule has 0 saturated heterocycles.